The highest BCUT2D eigenvalue weighted by Gasteiger charge is 2.04. The molecule has 0 aromatic heterocycles. The lowest BCUT2D eigenvalue weighted by Gasteiger charge is -2.09. The lowest BCUT2D eigenvalue weighted by Crippen LogP contribution is -2.10. The van der Waals surface area contributed by atoms with Gasteiger partial charge in [0.05, 0.1) is 0 Å². The lowest BCUT2D eigenvalue weighted by atomic mass is 10.1. The highest BCUT2D eigenvalue weighted by Crippen LogP contribution is 2.25. The van der Waals surface area contributed by atoms with E-state index in [4.69, 9.17) is 32.5 Å². The number of hydrogen-bond acceptors (Lipinski definition) is 2. The summed E-state index contributed by atoms with van der Waals surface area (Å²) in [4.78, 5) is 0. The van der Waals surface area contributed by atoms with Crippen molar-refractivity contribution in [2.75, 3.05) is 0 Å². The molecule has 5 heteroatoms. The van der Waals surface area contributed by atoms with Crippen molar-refractivity contribution in [3.8, 4) is 33.8 Å². The molecule has 0 saturated heterocycles. The van der Waals surface area contributed by atoms with Crippen molar-refractivity contribution in [3.63, 3.8) is 0 Å². The third kappa shape index (κ3) is 5.14. The molecule has 0 aliphatic heterocycles. The molecule has 0 unspecified atom stereocenters. The first-order valence-electron chi connectivity index (χ1n) is 9.04. The largest absolute Gasteiger partial charge is 0.658 e. The molecule has 0 aliphatic rings. The first-order chi connectivity index (χ1) is 14.2. The molecule has 141 valence electrons. The van der Waals surface area contributed by atoms with Gasteiger partial charge in [-0.3, -0.25) is 0 Å². The van der Waals surface area contributed by atoms with E-state index in [1.165, 1.54) is 7.69 Å². The van der Waals surface area contributed by atoms with Crippen molar-refractivity contribution in [2.24, 2.45) is 0 Å². The Morgan fingerprint density at radius 2 is 0.690 bits per heavy atom. The molecule has 0 heterocycles. The van der Waals surface area contributed by atoms with Gasteiger partial charge in [-0.15, -0.1) is 0 Å². The average Bonchev–Trinajstić information content (AvgIpc) is 2.76. The van der Waals surface area contributed by atoms with Gasteiger partial charge in [0.1, 0.15) is 11.5 Å². The van der Waals surface area contributed by atoms with Crippen molar-refractivity contribution in [3.05, 3.63) is 107 Å². The molecule has 0 saturated carbocycles. The van der Waals surface area contributed by atoms with Crippen LogP contribution < -0.4 is 9.31 Å². The van der Waals surface area contributed by atoms with Gasteiger partial charge in [-0.2, -0.15) is 0 Å². The molecular formula is C24H16BCl2O2. The molecule has 0 N–H and O–H groups in total. The Balaban J connectivity index is 1.31. The van der Waals surface area contributed by atoms with Gasteiger partial charge in [0.2, 0.25) is 0 Å². The van der Waals surface area contributed by atoms with E-state index in [0.29, 0.717) is 11.5 Å². The molecule has 0 aliphatic carbocycles. The van der Waals surface area contributed by atoms with E-state index in [9.17, 15) is 0 Å². The Labute approximate surface area is 180 Å². The van der Waals surface area contributed by atoms with Crippen molar-refractivity contribution in [1.29, 1.82) is 0 Å². The molecule has 0 spiro atoms. The first kappa shape index (κ1) is 19.4. The minimum atomic E-state index is 0.695. The fourth-order valence-electron chi connectivity index (χ4n) is 2.87. The van der Waals surface area contributed by atoms with E-state index >= 15 is 0 Å². The Morgan fingerprint density at radius 3 is 1.00 bits per heavy atom. The van der Waals surface area contributed by atoms with Gasteiger partial charge in [0.15, 0.2) is 0 Å². The Bertz CT molecular complexity index is 973. The average molecular weight is 418 g/mol. The Hall–Kier alpha value is -2.88. The summed E-state index contributed by atoms with van der Waals surface area (Å²) in [6, 6.07) is 31.0. The van der Waals surface area contributed by atoms with Crippen LogP contribution in [0.2, 0.25) is 10.0 Å². The number of rotatable bonds is 6. The second-order valence-corrected chi connectivity index (χ2v) is 7.27. The van der Waals surface area contributed by atoms with Crippen LogP contribution in [0.1, 0.15) is 0 Å². The van der Waals surface area contributed by atoms with Crippen LogP contribution in [0.4, 0.5) is 0 Å². The number of hydrogen-bond donors (Lipinski definition) is 0. The van der Waals surface area contributed by atoms with E-state index in [0.717, 1.165) is 32.3 Å². The van der Waals surface area contributed by atoms with Gasteiger partial charge in [-0.25, -0.2) is 0 Å². The summed E-state index contributed by atoms with van der Waals surface area (Å²) in [6.07, 6.45) is 0. The minimum Gasteiger partial charge on any atom is -0.526 e. The molecule has 0 fully saturated rings. The van der Waals surface area contributed by atoms with Gasteiger partial charge in [0.25, 0.3) is 0 Å². The zero-order chi connectivity index (χ0) is 20.1. The summed E-state index contributed by atoms with van der Waals surface area (Å²) in [5, 5.41) is 1.45. The summed E-state index contributed by atoms with van der Waals surface area (Å²) >= 11 is 11.9. The van der Waals surface area contributed by atoms with E-state index in [-0.39, 0.29) is 0 Å². The molecule has 0 amide bonds. The van der Waals surface area contributed by atoms with Crippen molar-refractivity contribution in [2.45, 2.75) is 0 Å². The van der Waals surface area contributed by atoms with Crippen LogP contribution in [0.3, 0.4) is 0 Å². The van der Waals surface area contributed by atoms with Crippen LogP contribution in [0.15, 0.2) is 97.1 Å². The van der Waals surface area contributed by atoms with E-state index < -0.39 is 0 Å². The van der Waals surface area contributed by atoms with Crippen LogP contribution in [-0.4, -0.2) is 7.69 Å². The summed E-state index contributed by atoms with van der Waals surface area (Å²) in [6.45, 7) is 0. The fourth-order valence-corrected chi connectivity index (χ4v) is 3.12. The molecule has 1 radical (unpaired) electrons. The van der Waals surface area contributed by atoms with Crippen molar-refractivity contribution >= 4 is 30.9 Å². The van der Waals surface area contributed by atoms with Crippen LogP contribution >= 0.6 is 23.2 Å². The monoisotopic (exact) mass is 417 g/mol. The third-order valence-electron chi connectivity index (χ3n) is 4.43. The van der Waals surface area contributed by atoms with Gasteiger partial charge in [-0.05, 0) is 70.8 Å². The zero-order valence-corrected chi connectivity index (χ0v) is 16.9. The highest BCUT2D eigenvalue weighted by molar-refractivity contribution is 6.30. The van der Waals surface area contributed by atoms with Gasteiger partial charge in [-0.1, -0.05) is 71.7 Å². The predicted molar refractivity (Wildman–Crippen MR) is 121 cm³/mol. The minimum absolute atomic E-state index is 0.695. The predicted octanol–water partition coefficient (Wildman–Crippen LogP) is 7.32. The summed E-state index contributed by atoms with van der Waals surface area (Å²) < 4.78 is 11.1. The maximum atomic E-state index is 5.93. The van der Waals surface area contributed by atoms with Crippen molar-refractivity contribution in [1.82, 2.24) is 0 Å². The Kier molecular flexibility index (Phi) is 6.09. The normalized spacial score (nSPS) is 10.4. The van der Waals surface area contributed by atoms with Crippen LogP contribution in [0.25, 0.3) is 22.3 Å². The van der Waals surface area contributed by atoms with Gasteiger partial charge < -0.3 is 9.31 Å². The van der Waals surface area contributed by atoms with Crippen LogP contribution in [-0.2, 0) is 0 Å². The van der Waals surface area contributed by atoms with Crippen LogP contribution in [0.5, 0.6) is 11.5 Å². The molecule has 4 rings (SSSR count). The number of benzene rings is 4. The topological polar surface area (TPSA) is 18.5 Å². The second kappa shape index (κ2) is 9.08. The molecule has 2 nitrogen and oxygen atoms in total. The van der Waals surface area contributed by atoms with Crippen molar-refractivity contribution < 1.29 is 9.31 Å². The van der Waals surface area contributed by atoms with Gasteiger partial charge in [0, 0.05) is 10.0 Å². The fraction of sp³-hybridized carbons (Fsp3) is 0. The summed E-state index contributed by atoms with van der Waals surface area (Å²) in [5.74, 6) is 1.39. The molecule has 4 aromatic carbocycles. The third-order valence-corrected chi connectivity index (χ3v) is 4.94. The first-order valence-corrected chi connectivity index (χ1v) is 9.80. The summed E-state index contributed by atoms with van der Waals surface area (Å²) in [7, 11) is 1.33. The van der Waals surface area contributed by atoms with E-state index in [2.05, 4.69) is 0 Å². The smallest absolute Gasteiger partial charge is 0.526 e. The summed E-state index contributed by atoms with van der Waals surface area (Å²) in [5.41, 5.74) is 4.38. The van der Waals surface area contributed by atoms with Gasteiger partial charge >= 0.3 is 7.69 Å². The lowest BCUT2D eigenvalue weighted by molar-refractivity contribution is 0.459. The number of halogens is 2. The quantitative estimate of drug-likeness (QED) is 0.306. The van der Waals surface area contributed by atoms with Crippen LogP contribution in [0, 0.1) is 0 Å². The molecule has 0 bridgehead atoms. The molecule has 29 heavy (non-hydrogen) atoms. The van der Waals surface area contributed by atoms with E-state index in [1.807, 2.05) is 97.1 Å². The zero-order valence-electron chi connectivity index (χ0n) is 15.4. The SMILES string of the molecule is Clc1ccc(-c2ccc(O[B]Oc3ccc(-c4ccc(Cl)cc4)cc3)cc2)cc1. The maximum Gasteiger partial charge on any atom is 0.658 e. The molecule has 0 atom stereocenters. The highest BCUT2D eigenvalue weighted by atomic mass is 35.5. The maximum absolute atomic E-state index is 5.93. The molecular weight excluding hydrogens is 402 g/mol. The second-order valence-electron chi connectivity index (χ2n) is 6.39. The standard InChI is InChI=1S/C24H16BCl2O2/c26-21-9-1-17(2-10-21)19-5-13-23(14-6-19)28-25-29-24-15-7-20(8-16-24)18-3-11-22(27)12-4-18/h1-16H. The van der Waals surface area contributed by atoms with E-state index in [1.54, 1.807) is 0 Å². The molecule has 4 aromatic rings. The Morgan fingerprint density at radius 1 is 0.414 bits per heavy atom.